The third kappa shape index (κ3) is 4.35. The van der Waals surface area contributed by atoms with Gasteiger partial charge in [-0.2, -0.15) is 0 Å². The lowest BCUT2D eigenvalue weighted by Crippen LogP contribution is -2.40. The summed E-state index contributed by atoms with van der Waals surface area (Å²) in [7, 11) is 0. The summed E-state index contributed by atoms with van der Waals surface area (Å²) in [6, 6.07) is 14.9. The number of carboxylic acid groups (broad SMARTS) is 1. The zero-order valence-electron chi connectivity index (χ0n) is 17.9. The third-order valence-corrected chi connectivity index (χ3v) is 6.09. The van der Waals surface area contributed by atoms with Crippen molar-refractivity contribution in [2.24, 2.45) is 4.99 Å². The Morgan fingerprint density at radius 3 is 2.67 bits per heavy atom. The molecular weight excluding hydrogens is 442 g/mol. The van der Waals surface area contributed by atoms with Crippen molar-refractivity contribution < 1.29 is 19.4 Å². The van der Waals surface area contributed by atoms with E-state index in [0.29, 0.717) is 26.3 Å². The van der Waals surface area contributed by atoms with Crippen LogP contribution in [0.3, 0.4) is 0 Å². The molecule has 1 atom stereocenters. The summed E-state index contributed by atoms with van der Waals surface area (Å²) in [5.74, 6) is -1.55. The van der Waals surface area contributed by atoms with Crippen LogP contribution < -0.4 is 20.2 Å². The molecule has 0 saturated carbocycles. The highest BCUT2D eigenvalue weighted by molar-refractivity contribution is 7.07. The number of allylic oxidation sites excluding steroid dienone is 1. The molecule has 4 rings (SSSR count). The highest BCUT2D eigenvalue weighted by Gasteiger charge is 2.33. The monoisotopic (exact) mass is 463 g/mol. The maximum Gasteiger partial charge on any atom is 0.338 e. The Balaban J connectivity index is 1.83. The molecule has 2 N–H and O–H groups in total. The largest absolute Gasteiger partial charge is 0.478 e. The second-order valence-corrected chi connectivity index (χ2v) is 8.25. The maximum atomic E-state index is 13.4. The van der Waals surface area contributed by atoms with E-state index in [9.17, 15) is 19.5 Å². The second-order valence-electron chi connectivity index (χ2n) is 7.24. The van der Waals surface area contributed by atoms with Gasteiger partial charge < -0.3 is 15.2 Å². The molecule has 1 aromatic heterocycles. The van der Waals surface area contributed by atoms with Crippen molar-refractivity contribution in [3.8, 4) is 0 Å². The van der Waals surface area contributed by atoms with Gasteiger partial charge in [0.15, 0.2) is 4.80 Å². The zero-order chi connectivity index (χ0) is 23.5. The Bertz CT molecular complexity index is 1440. The van der Waals surface area contributed by atoms with Crippen LogP contribution in [0.4, 0.5) is 5.69 Å². The van der Waals surface area contributed by atoms with Crippen molar-refractivity contribution in [2.45, 2.75) is 19.9 Å². The van der Waals surface area contributed by atoms with Gasteiger partial charge in [0.1, 0.15) is 4.53 Å². The van der Waals surface area contributed by atoms with E-state index in [0.717, 1.165) is 5.56 Å². The van der Waals surface area contributed by atoms with Crippen molar-refractivity contribution in [3.63, 3.8) is 0 Å². The molecule has 2 heterocycles. The number of nitrogens with zero attached hydrogens (tertiary/aromatic N) is 2. The minimum atomic E-state index is -1.04. The van der Waals surface area contributed by atoms with E-state index in [2.05, 4.69) is 10.3 Å². The number of aromatic nitrogens is 1. The van der Waals surface area contributed by atoms with E-state index in [1.165, 1.54) is 34.2 Å². The summed E-state index contributed by atoms with van der Waals surface area (Å²) in [5, 5.41) is 12.2. The normalized spacial score (nSPS) is 15.6. The fraction of sp³-hybridized carbons (Fsp3) is 0.167. The summed E-state index contributed by atoms with van der Waals surface area (Å²) in [6.07, 6.45) is 1.52. The van der Waals surface area contributed by atoms with Crippen LogP contribution in [0.25, 0.3) is 6.20 Å². The van der Waals surface area contributed by atoms with E-state index in [-0.39, 0.29) is 17.7 Å². The Hall–Kier alpha value is -3.98. The van der Waals surface area contributed by atoms with Crippen LogP contribution in [-0.2, 0) is 9.53 Å². The lowest BCUT2D eigenvalue weighted by Gasteiger charge is -2.24. The lowest BCUT2D eigenvalue weighted by molar-refractivity contribution is -0.139. The number of fused-ring (bicyclic) bond motifs is 1. The minimum Gasteiger partial charge on any atom is -0.478 e. The van der Waals surface area contributed by atoms with Crippen molar-refractivity contribution in [3.05, 3.63) is 96.7 Å². The van der Waals surface area contributed by atoms with Gasteiger partial charge in [-0.3, -0.25) is 9.36 Å². The molecule has 0 unspecified atom stereocenters. The van der Waals surface area contributed by atoms with Crippen molar-refractivity contribution in [2.75, 3.05) is 11.9 Å². The fourth-order valence-corrected chi connectivity index (χ4v) is 4.60. The van der Waals surface area contributed by atoms with E-state index in [1.807, 2.05) is 30.3 Å². The highest BCUT2D eigenvalue weighted by Crippen LogP contribution is 2.30. The van der Waals surface area contributed by atoms with Crippen LogP contribution in [0.5, 0.6) is 0 Å². The quantitative estimate of drug-likeness (QED) is 0.544. The predicted octanol–water partition coefficient (Wildman–Crippen LogP) is 2.52. The van der Waals surface area contributed by atoms with Crippen LogP contribution in [0.2, 0.25) is 0 Å². The van der Waals surface area contributed by atoms with Gasteiger partial charge in [-0.1, -0.05) is 47.7 Å². The number of thiazole rings is 1. The van der Waals surface area contributed by atoms with E-state index >= 15 is 0 Å². The number of aromatic carboxylic acids is 1. The lowest BCUT2D eigenvalue weighted by atomic mass is 9.96. The Morgan fingerprint density at radius 2 is 1.97 bits per heavy atom. The molecule has 0 saturated heterocycles. The topological polar surface area (TPSA) is 110 Å². The van der Waals surface area contributed by atoms with Gasteiger partial charge in [0, 0.05) is 11.9 Å². The third-order valence-electron chi connectivity index (χ3n) is 5.11. The van der Waals surface area contributed by atoms with Crippen molar-refractivity contribution >= 4 is 35.2 Å². The number of benzene rings is 2. The van der Waals surface area contributed by atoms with E-state index in [1.54, 1.807) is 26.0 Å². The van der Waals surface area contributed by atoms with Crippen molar-refractivity contribution in [1.82, 2.24) is 4.57 Å². The van der Waals surface area contributed by atoms with E-state index < -0.39 is 18.0 Å². The molecular formula is C24H21N3O5S. The molecule has 8 nitrogen and oxygen atoms in total. The molecule has 9 heteroatoms. The van der Waals surface area contributed by atoms with Crippen LogP contribution in [0, 0.1) is 0 Å². The van der Waals surface area contributed by atoms with Gasteiger partial charge in [-0.05, 0) is 37.6 Å². The number of nitrogens with one attached hydrogen (secondary N) is 1. The predicted molar refractivity (Wildman–Crippen MR) is 125 cm³/mol. The Kier molecular flexibility index (Phi) is 6.23. The number of hydrogen-bond acceptors (Lipinski definition) is 7. The number of hydrogen-bond donors (Lipinski definition) is 2. The number of anilines is 1. The molecule has 1 aliphatic rings. The summed E-state index contributed by atoms with van der Waals surface area (Å²) in [5.41, 5.74) is 1.94. The SMILES string of the molecule is CCOC(=O)C1=C(C)N=c2s/c(=C\Nc3cccc(C(=O)O)c3)c(=O)n2[C@@H]1c1ccccc1. The molecule has 3 aromatic rings. The summed E-state index contributed by atoms with van der Waals surface area (Å²) in [4.78, 5) is 42.4. The number of rotatable bonds is 6. The summed E-state index contributed by atoms with van der Waals surface area (Å²) < 4.78 is 7.13. The molecule has 168 valence electrons. The average molecular weight is 464 g/mol. The Labute approximate surface area is 192 Å². The molecule has 2 aromatic carbocycles. The number of carbonyl (C=O) groups excluding carboxylic acids is 1. The number of carboxylic acids is 1. The number of ether oxygens (including phenoxy) is 1. The molecule has 0 radical (unpaired) electrons. The molecule has 0 bridgehead atoms. The molecule has 0 fully saturated rings. The number of esters is 1. The number of carbonyl (C=O) groups is 2. The van der Waals surface area contributed by atoms with Gasteiger partial charge in [0.25, 0.3) is 5.56 Å². The van der Waals surface area contributed by atoms with Crippen LogP contribution in [-0.4, -0.2) is 28.2 Å². The first-order chi connectivity index (χ1) is 15.9. The first kappa shape index (κ1) is 22.2. The molecule has 1 aliphatic heterocycles. The first-order valence-electron chi connectivity index (χ1n) is 10.2. The second kappa shape index (κ2) is 9.25. The van der Waals surface area contributed by atoms with Crippen LogP contribution in [0.1, 0.15) is 35.8 Å². The standard InChI is InChI=1S/C24H21N3O5S/c1-3-32-23(31)19-14(2)26-24-27(20(19)15-8-5-4-6-9-15)21(28)18(33-24)13-25-17-11-7-10-16(12-17)22(29)30/h4-13,20,25H,3H2,1-2H3,(H,29,30)/b18-13-/t20-/m1/s1. The van der Waals surface area contributed by atoms with Gasteiger partial charge >= 0.3 is 11.9 Å². The van der Waals surface area contributed by atoms with Crippen LogP contribution in [0.15, 0.2) is 75.7 Å². The van der Waals surface area contributed by atoms with Gasteiger partial charge in [-0.15, -0.1) is 0 Å². The van der Waals surface area contributed by atoms with Crippen molar-refractivity contribution in [1.29, 1.82) is 0 Å². The van der Waals surface area contributed by atoms with Gasteiger partial charge in [-0.25, -0.2) is 14.6 Å². The van der Waals surface area contributed by atoms with Gasteiger partial charge in [0.05, 0.1) is 29.5 Å². The summed E-state index contributed by atoms with van der Waals surface area (Å²) >= 11 is 1.18. The van der Waals surface area contributed by atoms with Crippen LogP contribution >= 0.6 is 11.3 Å². The molecule has 0 aliphatic carbocycles. The molecule has 0 amide bonds. The zero-order valence-corrected chi connectivity index (χ0v) is 18.8. The maximum absolute atomic E-state index is 13.4. The Morgan fingerprint density at radius 1 is 1.21 bits per heavy atom. The molecule has 0 spiro atoms. The minimum absolute atomic E-state index is 0.133. The fourth-order valence-electron chi connectivity index (χ4n) is 3.63. The van der Waals surface area contributed by atoms with Gasteiger partial charge in [0.2, 0.25) is 0 Å². The average Bonchev–Trinajstić information content (AvgIpc) is 3.12. The first-order valence-corrected chi connectivity index (χ1v) is 11.1. The summed E-state index contributed by atoms with van der Waals surface area (Å²) in [6.45, 7) is 3.67. The highest BCUT2D eigenvalue weighted by atomic mass is 32.1. The smallest absolute Gasteiger partial charge is 0.338 e. The molecule has 33 heavy (non-hydrogen) atoms. The van der Waals surface area contributed by atoms with E-state index in [4.69, 9.17) is 4.74 Å².